The van der Waals surface area contributed by atoms with E-state index in [0.717, 1.165) is 6.20 Å². The van der Waals surface area contributed by atoms with E-state index in [9.17, 15) is 18.0 Å². The van der Waals surface area contributed by atoms with E-state index in [1.807, 2.05) is 0 Å². The maximum atomic E-state index is 12.7. The monoisotopic (exact) mass is 342 g/mol. The van der Waals surface area contributed by atoms with Crippen LogP contribution in [0, 0.1) is 0 Å². The fourth-order valence-electron chi connectivity index (χ4n) is 2.76. The van der Waals surface area contributed by atoms with E-state index in [0.29, 0.717) is 31.6 Å². The molecule has 0 saturated carbocycles. The molecule has 3 heterocycles. The van der Waals surface area contributed by atoms with Crippen LogP contribution in [0.25, 0.3) is 0 Å². The highest BCUT2D eigenvalue weighted by molar-refractivity contribution is 5.89. The molecule has 3 rings (SSSR count). The number of alkyl halides is 3. The standard InChI is InChI=1S/C14H17F3N6O/c1-22-8-10(5-19-22)20-13(24)23-4-2-3-9(7-23)12-18-6-11(21-12)14(15,16)17/h5-6,8-9H,2-4,7H2,1H3,(H,18,21)(H,20,24)/t9-/m1/s1. The molecule has 0 bridgehead atoms. The van der Waals surface area contributed by atoms with Gasteiger partial charge in [-0.05, 0) is 12.8 Å². The zero-order valence-corrected chi connectivity index (χ0v) is 13.0. The molecule has 1 fully saturated rings. The number of aryl methyl sites for hydroxylation is 1. The smallest absolute Gasteiger partial charge is 0.338 e. The minimum Gasteiger partial charge on any atom is -0.338 e. The quantitative estimate of drug-likeness (QED) is 0.880. The number of halogens is 3. The summed E-state index contributed by atoms with van der Waals surface area (Å²) >= 11 is 0. The first kappa shape index (κ1) is 16.3. The van der Waals surface area contributed by atoms with Gasteiger partial charge in [0.2, 0.25) is 0 Å². The summed E-state index contributed by atoms with van der Waals surface area (Å²) in [5.41, 5.74) is -0.295. The van der Waals surface area contributed by atoms with Gasteiger partial charge in [-0.15, -0.1) is 0 Å². The Morgan fingerprint density at radius 3 is 2.83 bits per heavy atom. The van der Waals surface area contributed by atoms with Crippen molar-refractivity contribution >= 4 is 11.7 Å². The van der Waals surface area contributed by atoms with E-state index < -0.39 is 11.9 Å². The number of rotatable bonds is 2. The molecule has 1 aliphatic rings. The van der Waals surface area contributed by atoms with Crippen molar-refractivity contribution in [3.63, 3.8) is 0 Å². The van der Waals surface area contributed by atoms with E-state index in [1.54, 1.807) is 22.8 Å². The predicted molar refractivity (Wildman–Crippen MR) is 79.4 cm³/mol. The zero-order chi connectivity index (χ0) is 17.3. The molecule has 0 unspecified atom stereocenters. The topological polar surface area (TPSA) is 78.8 Å². The van der Waals surface area contributed by atoms with Crippen LogP contribution >= 0.6 is 0 Å². The molecule has 1 atom stereocenters. The number of carbonyl (C=O) groups is 1. The Balaban J connectivity index is 1.65. The van der Waals surface area contributed by atoms with Crippen LogP contribution in [-0.4, -0.2) is 43.8 Å². The van der Waals surface area contributed by atoms with E-state index in [1.165, 1.54) is 6.20 Å². The Morgan fingerprint density at radius 2 is 2.21 bits per heavy atom. The van der Waals surface area contributed by atoms with Crippen LogP contribution in [0.3, 0.4) is 0 Å². The lowest BCUT2D eigenvalue weighted by Gasteiger charge is -2.31. The molecule has 0 aromatic carbocycles. The number of H-pyrrole nitrogens is 1. The molecule has 1 aliphatic heterocycles. The van der Waals surface area contributed by atoms with E-state index >= 15 is 0 Å². The Hall–Kier alpha value is -2.52. The van der Waals surface area contributed by atoms with Crippen LogP contribution in [0.4, 0.5) is 23.7 Å². The number of hydrogen-bond acceptors (Lipinski definition) is 3. The van der Waals surface area contributed by atoms with Crippen LogP contribution < -0.4 is 5.32 Å². The number of piperidine rings is 1. The average Bonchev–Trinajstić information content (AvgIpc) is 3.16. The third-order valence-electron chi connectivity index (χ3n) is 3.95. The second kappa shape index (κ2) is 6.17. The summed E-state index contributed by atoms with van der Waals surface area (Å²) in [7, 11) is 1.74. The van der Waals surface area contributed by atoms with Gasteiger partial charge in [0, 0.05) is 32.3 Å². The number of imidazole rings is 1. The first-order valence-electron chi connectivity index (χ1n) is 7.49. The summed E-state index contributed by atoms with van der Waals surface area (Å²) < 4.78 is 39.6. The van der Waals surface area contributed by atoms with Crippen molar-refractivity contribution < 1.29 is 18.0 Å². The van der Waals surface area contributed by atoms with Gasteiger partial charge in [-0.2, -0.15) is 18.3 Å². The molecule has 10 heteroatoms. The summed E-state index contributed by atoms with van der Waals surface area (Å²) in [6, 6.07) is -0.296. The first-order valence-corrected chi connectivity index (χ1v) is 7.49. The third kappa shape index (κ3) is 3.52. The van der Waals surface area contributed by atoms with Gasteiger partial charge >= 0.3 is 12.2 Å². The average molecular weight is 342 g/mol. The number of carbonyl (C=O) groups excluding carboxylic acids is 1. The van der Waals surface area contributed by atoms with Crippen LogP contribution in [0.1, 0.15) is 30.3 Å². The second-order valence-corrected chi connectivity index (χ2v) is 5.80. The molecule has 7 nitrogen and oxygen atoms in total. The number of nitrogens with zero attached hydrogens (tertiary/aromatic N) is 4. The highest BCUT2D eigenvalue weighted by Gasteiger charge is 2.34. The van der Waals surface area contributed by atoms with Crippen molar-refractivity contribution in [2.75, 3.05) is 18.4 Å². The number of likely N-dealkylation sites (tertiary alicyclic amines) is 1. The Morgan fingerprint density at radius 1 is 1.42 bits per heavy atom. The molecule has 2 aromatic rings. The summed E-state index contributed by atoms with van der Waals surface area (Å²) in [4.78, 5) is 20.0. The molecular weight excluding hydrogens is 325 g/mol. The predicted octanol–water partition coefficient (Wildman–Crippen LogP) is 2.57. The number of urea groups is 1. The summed E-state index contributed by atoms with van der Waals surface area (Å²) in [6.07, 6.45) is 0.929. The highest BCUT2D eigenvalue weighted by Crippen LogP contribution is 2.31. The lowest BCUT2D eigenvalue weighted by atomic mass is 9.97. The number of aromatic nitrogens is 4. The molecule has 0 radical (unpaired) electrons. The summed E-state index contributed by atoms with van der Waals surface area (Å²) in [6.45, 7) is 0.867. The lowest BCUT2D eigenvalue weighted by molar-refractivity contribution is -0.141. The van der Waals surface area contributed by atoms with Crippen LogP contribution in [0.5, 0.6) is 0 Å². The first-order chi connectivity index (χ1) is 11.3. The van der Waals surface area contributed by atoms with Crippen LogP contribution in [0.15, 0.2) is 18.6 Å². The lowest BCUT2D eigenvalue weighted by Crippen LogP contribution is -2.41. The van der Waals surface area contributed by atoms with Crippen molar-refractivity contribution in [1.29, 1.82) is 0 Å². The molecule has 0 spiro atoms. The van der Waals surface area contributed by atoms with Gasteiger partial charge in [0.25, 0.3) is 0 Å². The Bertz CT molecular complexity index is 722. The van der Waals surface area contributed by atoms with E-state index in [4.69, 9.17) is 0 Å². The minimum atomic E-state index is -4.45. The van der Waals surface area contributed by atoms with Crippen molar-refractivity contribution in [3.8, 4) is 0 Å². The minimum absolute atomic E-state index is 0.241. The molecule has 0 aliphatic carbocycles. The van der Waals surface area contributed by atoms with Crippen molar-refractivity contribution in [2.45, 2.75) is 24.9 Å². The second-order valence-electron chi connectivity index (χ2n) is 5.80. The number of hydrogen-bond donors (Lipinski definition) is 2. The molecule has 24 heavy (non-hydrogen) atoms. The third-order valence-corrected chi connectivity index (χ3v) is 3.95. The van der Waals surface area contributed by atoms with E-state index in [-0.39, 0.29) is 17.8 Å². The maximum absolute atomic E-state index is 12.7. The Labute approximate surface area is 135 Å². The van der Waals surface area contributed by atoms with Crippen LogP contribution in [0.2, 0.25) is 0 Å². The maximum Gasteiger partial charge on any atom is 0.432 e. The SMILES string of the molecule is Cn1cc(NC(=O)N2CCC[C@@H](c3ncc(C(F)(F)F)[nH]3)C2)cn1. The molecule has 2 amide bonds. The zero-order valence-electron chi connectivity index (χ0n) is 13.0. The van der Waals surface area contributed by atoms with Gasteiger partial charge in [-0.3, -0.25) is 4.68 Å². The number of aromatic amines is 1. The van der Waals surface area contributed by atoms with Crippen molar-refractivity contribution in [3.05, 3.63) is 30.1 Å². The van der Waals surface area contributed by atoms with Crippen molar-refractivity contribution in [2.24, 2.45) is 7.05 Å². The molecule has 2 N–H and O–H groups in total. The largest absolute Gasteiger partial charge is 0.432 e. The summed E-state index contributed by atoms with van der Waals surface area (Å²) in [5.74, 6) is 0.0238. The highest BCUT2D eigenvalue weighted by atomic mass is 19.4. The van der Waals surface area contributed by atoms with E-state index in [2.05, 4.69) is 20.4 Å². The number of amides is 2. The van der Waals surface area contributed by atoms with Gasteiger partial charge in [0.1, 0.15) is 11.5 Å². The Kier molecular flexibility index (Phi) is 4.20. The number of anilines is 1. The fourth-order valence-corrected chi connectivity index (χ4v) is 2.76. The summed E-state index contributed by atoms with van der Waals surface area (Å²) in [5, 5.41) is 6.69. The molecular formula is C14H17F3N6O. The van der Waals surface area contributed by atoms with Crippen molar-refractivity contribution in [1.82, 2.24) is 24.6 Å². The molecule has 2 aromatic heterocycles. The van der Waals surface area contributed by atoms with Gasteiger partial charge in [0.05, 0.1) is 18.1 Å². The number of nitrogens with one attached hydrogen (secondary N) is 2. The van der Waals surface area contributed by atoms with Gasteiger partial charge in [0.15, 0.2) is 0 Å². The van der Waals surface area contributed by atoms with Gasteiger partial charge < -0.3 is 15.2 Å². The molecule has 130 valence electrons. The van der Waals surface area contributed by atoms with Crippen LogP contribution in [-0.2, 0) is 13.2 Å². The van der Waals surface area contributed by atoms with Gasteiger partial charge in [-0.1, -0.05) is 0 Å². The normalized spacial score (nSPS) is 18.7. The van der Waals surface area contributed by atoms with Gasteiger partial charge in [-0.25, -0.2) is 9.78 Å². The fraction of sp³-hybridized carbons (Fsp3) is 0.500. The molecule has 1 saturated heterocycles.